The summed E-state index contributed by atoms with van der Waals surface area (Å²) < 4.78 is 0.918. The van der Waals surface area contributed by atoms with E-state index < -0.39 is 4.92 Å². The molecule has 13 heavy (non-hydrogen) atoms. The summed E-state index contributed by atoms with van der Waals surface area (Å²) in [4.78, 5) is 9.60. The third-order valence-corrected chi connectivity index (χ3v) is 2.11. The molecule has 1 aromatic carbocycles. The number of rotatable bonds is 2. The van der Waals surface area contributed by atoms with Crippen molar-refractivity contribution in [3.63, 3.8) is 0 Å². The van der Waals surface area contributed by atoms with E-state index in [4.69, 9.17) is 0 Å². The van der Waals surface area contributed by atoms with Gasteiger partial charge in [0.05, 0.1) is 4.92 Å². The molecular formula is C9H8BrNO2. The highest BCUT2D eigenvalue weighted by atomic mass is 79.9. The lowest BCUT2D eigenvalue weighted by atomic mass is 10.1. The van der Waals surface area contributed by atoms with Gasteiger partial charge in [-0.25, -0.2) is 0 Å². The minimum atomic E-state index is -0.472. The van der Waals surface area contributed by atoms with E-state index in [2.05, 4.69) is 15.9 Å². The molecule has 0 heterocycles. The quantitative estimate of drug-likeness (QED) is 0.590. The van der Waals surface area contributed by atoms with Crippen LogP contribution in [0, 0.1) is 17.0 Å². The van der Waals surface area contributed by atoms with E-state index in [0.717, 1.165) is 21.8 Å². The lowest BCUT2D eigenvalue weighted by Gasteiger charge is -1.98. The molecule has 0 aliphatic carbocycles. The van der Waals surface area contributed by atoms with Gasteiger partial charge in [0.1, 0.15) is 0 Å². The molecule has 0 bridgehead atoms. The zero-order valence-corrected chi connectivity index (χ0v) is 8.61. The highest BCUT2D eigenvalue weighted by Crippen LogP contribution is 2.17. The number of nitrogens with zero attached hydrogens (tertiary/aromatic N) is 1. The Morgan fingerprint density at radius 2 is 2.23 bits per heavy atom. The molecule has 0 aromatic heterocycles. The topological polar surface area (TPSA) is 43.1 Å². The fourth-order valence-electron chi connectivity index (χ4n) is 0.932. The highest BCUT2D eigenvalue weighted by molar-refractivity contribution is 9.10. The fraction of sp³-hybridized carbons (Fsp3) is 0.111. The second-order valence-corrected chi connectivity index (χ2v) is 3.52. The zero-order chi connectivity index (χ0) is 9.84. The Balaban J connectivity index is 3.00. The molecule has 0 fully saturated rings. The number of halogens is 1. The number of nitro groups is 1. The number of hydrogen-bond donors (Lipinski definition) is 0. The maximum absolute atomic E-state index is 10.1. The predicted octanol–water partition coefficient (Wildman–Crippen LogP) is 3.00. The van der Waals surface area contributed by atoms with Crippen molar-refractivity contribution in [2.45, 2.75) is 6.92 Å². The predicted molar refractivity (Wildman–Crippen MR) is 54.9 cm³/mol. The Labute approximate surface area is 84.4 Å². The van der Waals surface area contributed by atoms with Crippen molar-refractivity contribution in [2.24, 2.45) is 0 Å². The van der Waals surface area contributed by atoms with Crippen LogP contribution in [-0.4, -0.2) is 4.92 Å². The summed E-state index contributed by atoms with van der Waals surface area (Å²) in [7, 11) is 0. The van der Waals surface area contributed by atoms with E-state index in [0.29, 0.717) is 0 Å². The van der Waals surface area contributed by atoms with E-state index in [1.165, 1.54) is 6.08 Å². The van der Waals surface area contributed by atoms with E-state index in [9.17, 15) is 10.1 Å². The van der Waals surface area contributed by atoms with Gasteiger partial charge in [0, 0.05) is 10.5 Å². The van der Waals surface area contributed by atoms with Gasteiger partial charge in [-0.3, -0.25) is 10.1 Å². The highest BCUT2D eigenvalue weighted by Gasteiger charge is 1.96. The monoisotopic (exact) mass is 241 g/mol. The summed E-state index contributed by atoms with van der Waals surface area (Å²) in [5.74, 6) is 0. The first-order chi connectivity index (χ1) is 6.09. The van der Waals surface area contributed by atoms with Gasteiger partial charge in [-0.05, 0) is 30.2 Å². The minimum absolute atomic E-state index is 0.472. The summed E-state index contributed by atoms with van der Waals surface area (Å²) in [5, 5.41) is 10.1. The Morgan fingerprint density at radius 3 is 2.85 bits per heavy atom. The molecule has 0 N–H and O–H groups in total. The van der Waals surface area contributed by atoms with Crippen LogP contribution in [0.1, 0.15) is 11.1 Å². The molecule has 1 rings (SSSR count). The lowest BCUT2D eigenvalue weighted by Crippen LogP contribution is -1.84. The Hall–Kier alpha value is -1.16. The van der Waals surface area contributed by atoms with E-state index in [1.54, 1.807) is 0 Å². The number of aryl methyl sites for hydroxylation is 1. The van der Waals surface area contributed by atoms with Crippen molar-refractivity contribution in [3.8, 4) is 0 Å². The Bertz CT molecular complexity index is 361. The maximum Gasteiger partial charge on any atom is 0.235 e. The van der Waals surface area contributed by atoms with Gasteiger partial charge in [-0.1, -0.05) is 22.0 Å². The van der Waals surface area contributed by atoms with E-state index in [1.807, 2.05) is 25.1 Å². The van der Waals surface area contributed by atoms with Gasteiger partial charge < -0.3 is 0 Å². The van der Waals surface area contributed by atoms with Gasteiger partial charge in [0.15, 0.2) is 0 Å². The van der Waals surface area contributed by atoms with Gasteiger partial charge >= 0.3 is 0 Å². The number of benzene rings is 1. The van der Waals surface area contributed by atoms with Crippen molar-refractivity contribution in [2.75, 3.05) is 0 Å². The third-order valence-electron chi connectivity index (χ3n) is 1.62. The van der Waals surface area contributed by atoms with Crippen molar-refractivity contribution >= 4 is 22.0 Å². The van der Waals surface area contributed by atoms with Gasteiger partial charge in [0.25, 0.3) is 0 Å². The first kappa shape index (κ1) is 9.92. The smallest absolute Gasteiger partial charge is 0.235 e. The van der Waals surface area contributed by atoms with Crippen LogP contribution in [0.15, 0.2) is 28.9 Å². The average Bonchev–Trinajstić information content (AvgIpc) is 2.06. The molecule has 0 unspecified atom stereocenters. The maximum atomic E-state index is 10.1. The Morgan fingerprint density at radius 1 is 1.54 bits per heavy atom. The second-order valence-electron chi connectivity index (χ2n) is 2.60. The molecular weight excluding hydrogens is 234 g/mol. The van der Waals surface area contributed by atoms with Crippen molar-refractivity contribution in [1.82, 2.24) is 0 Å². The second kappa shape index (κ2) is 4.18. The SMILES string of the molecule is Cc1ccc(Br)cc1C=C[N+](=O)[O-]. The third kappa shape index (κ3) is 2.99. The fourth-order valence-corrected chi connectivity index (χ4v) is 1.31. The van der Waals surface area contributed by atoms with Crippen molar-refractivity contribution in [1.29, 1.82) is 0 Å². The van der Waals surface area contributed by atoms with Crippen LogP contribution in [0.4, 0.5) is 0 Å². The lowest BCUT2D eigenvalue weighted by molar-refractivity contribution is -0.400. The van der Waals surface area contributed by atoms with Crippen LogP contribution in [0.2, 0.25) is 0 Å². The van der Waals surface area contributed by atoms with Crippen LogP contribution < -0.4 is 0 Å². The molecule has 0 saturated carbocycles. The molecule has 0 spiro atoms. The minimum Gasteiger partial charge on any atom is -0.259 e. The van der Waals surface area contributed by atoms with E-state index >= 15 is 0 Å². The van der Waals surface area contributed by atoms with Crippen LogP contribution in [0.3, 0.4) is 0 Å². The van der Waals surface area contributed by atoms with Gasteiger partial charge in [-0.2, -0.15) is 0 Å². The molecule has 0 amide bonds. The van der Waals surface area contributed by atoms with Crippen LogP contribution in [0.5, 0.6) is 0 Å². The molecule has 0 aliphatic heterocycles. The normalized spacial score (nSPS) is 10.6. The first-order valence-corrected chi connectivity index (χ1v) is 4.47. The molecule has 0 saturated heterocycles. The molecule has 0 radical (unpaired) electrons. The molecule has 4 heteroatoms. The van der Waals surface area contributed by atoms with Gasteiger partial charge in [-0.15, -0.1) is 0 Å². The first-order valence-electron chi connectivity index (χ1n) is 3.67. The molecule has 0 aliphatic rings. The van der Waals surface area contributed by atoms with Crippen molar-refractivity contribution < 1.29 is 4.92 Å². The van der Waals surface area contributed by atoms with Crippen LogP contribution in [0.25, 0.3) is 6.08 Å². The summed E-state index contributed by atoms with van der Waals surface area (Å²) in [6, 6.07) is 5.65. The van der Waals surface area contributed by atoms with Crippen molar-refractivity contribution in [3.05, 3.63) is 50.1 Å². The molecule has 68 valence electrons. The summed E-state index contributed by atoms with van der Waals surface area (Å²) >= 11 is 3.30. The van der Waals surface area contributed by atoms with Gasteiger partial charge in [0.2, 0.25) is 6.20 Å². The summed E-state index contributed by atoms with van der Waals surface area (Å²) in [6.07, 6.45) is 2.43. The van der Waals surface area contributed by atoms with Crippen LogP contribution >= 0.6 is 15.9 Å². The largest absolute Gasteiger partial charge is 0.259 e. The summed E-state index contributed by atoms with van der Waals surface area (Å²) in [6.45, 7) is 1.91. The standard InChI is InChI=1S/C9H8BrNO2/c1-7-2-3-9(10)6-8(7)4-5-11(12)13/h2-6H,1H3. The van der Waals surface area contributed by atoms with Crippen LogP contribution in [-0.2, 0) is 0 Å². The molecule has 0 atom stereocenters. The van der Waals surface area contributed by atoms with E-state index in [-0.39, 0.29) is 0 Å². The average molecular weight is 242 g/mol. The zero-order valence-electron chi connectivity index (χ0n) is 7.03. The molecule has 1 aromatic rings. The molecule has 3 nitrogen and oxygen atoms in total. The Kier molecular flexibility index (Phi) is 3.19. The number of hydrogen-bond acceptors (Lipinski definition) is 2. The summed E-state index contributed by atoms with van der Waals surface area (Å²) in [5.41, 5.74) is 1.87.